The van der Waals surface area contributed by atoms with Gasteiger partial charge >= 0.3 is 0 Å². The van der Waals surface area contributed by atoms with Crippen LogP contribution in [0.25, 0.3) is 6.08 Å². The molecule has 0 spiro atoms. The predicted octanol–water partition coefficient (Wildman–Crippen LogP) is 5.25. The van der Waals surface area contributed by atoms with Gasteiger partial charge in [-0.3, -0.25) is 9.69 Å². The standard InChI is InChI=1S/C19H17BrN2OS/c1-3-14-8-4-5-10-16(14)21-19-22(2)18(23)17(24-19)12-13-7-6-9-15(20)11-13/h4-12H,3H2,1-2H3/b17-12-,21-19?. The number of hydrogen-bond acceptors (Lipinski definition) is 3. The average molecular weight is 401 g/mol. The molecule has 0 saturated carbocycles. The quantitative estimate of drug-likeness (QED) is 0.659. The summed E-state index contributed by atoms with van der Waals surface area (Å²) in [6.07, 6.45) is 2.82. The summed E-state index contributed by atoms with van der Waals surface area (Å²) in [5.74, 6) is -0.0206. The minimum Gasteiger partial charge on any atom is -0.290 e. The van der Waals surface area contributed by atoms with Gasteiger partial charge in [-0.2, -0.15) is 0 Å². The maximum Gasteiger partial charge on any atom is 0.266 e. The molecular weight excluding hydrogens is 384 g/mol. The number of amides is 1. The number of nitrogens with zero attached hydrogens (tertiary/aromatic N) is 2. The number of likely N-dealkylation sites (N-methyl/N-ethyl adjacent to an activating group) is 1. The zero-order chi connectivity index (χ0) is 17.1. The van der Waals surface area contributed by atoms with Gasteiger partial charge in [0.1, 0.15) is 0 Å². The van der Waals surface area contributed by atoms with Crippen LogP contribution in [0.1, 0.15) is 18.1 Å². The molecule has 1 amide bonds. The molecule has 0 atom stereocenters. The Hall–Kier alpha value is -1.85. The van der Waals surface area contributed by atoms with Crippen LogP contribution in [-0.4, -0.2) is 23.0 Å². The zero-order valence-corrected chi connectivity index (χ0v) is 15.9. The minimum atomic E-state index is -0.0206. The van der Waals surface area contributed by atoms with Gasteiger partial charge in [0.15, 0.2) is 5.17 Å². The lowest BCUT2D eigenvalue weighted by molar-refractivity contribution is -0.121. The molecule has 1 fully saturated rings. The summed E-state index contributed by atoms with van der Waals surface area (Å²) in [6.45, 7) is 2.11. The smallest absolute Gasteiger partial charge is 0.266 e. The molecule has 122 valence electrons. The van der Waals surface area contributed by atoms with Crippen molar-refractivity contribution in [3.63, 3.8) is 0 Å². The number of carbonyl (C=O) groups excluding carboxylic acids is 1. The van der Waals surface area contributed by atoms with Gasteiger partial charge in [-0.15, -0.1) is 0 Å². The van der Waals surface area contributed by atoms with Gasteiger partial charge in [0.2, 0.25) is 0 Å². The molecule has 0 aliphatic carbocycles. The number of benzene rings is 2. The van der Waals surface area contributed by atoms with Crippen molar-refractivity contribution in [2.24, 2.45) is 4.99 Å². The fraction of sp³-hybridized carbons (Fsp3) is 0.158. The first kappa shape index (κ1) is 17.0. The summed E-state index contributed by atoms with van der Waals surface area (Å²) < 4.78 is 0.992. The van der Waals surface area contributed by atoms with E-state index in [-0.39, 0.29) is 5.91 Å². The van der Waals surface area contributed by atoms with Crippen LogP contribution in [0.15, 0.2) is 62.9 Å². The number of thioether (sulfide) groups is 1. The third-order valence-electron chi connectivity index (χ3n) is 3.74. The van der Waals surface area contributed by atoms with E-state index in [1.165, 1.54) is 17.3 Å². The molecule has 0 unspecified atom stereocenters. The average Bonchev–Trinajstić information content (AvgIpc) is 2.83. The van der Waals surface area contributed by atoms with Crippen LogP contribution in [0.4, 0.5) is 5.69 Å². The van der Waals surface area contributed by atoms with Crippen LogP contribution >= 0.6 is 27.7 Å². The Balaban J connectivity index is 1.93. The molecule has 0 bridgehead atoms. The Kier molecular flexibility index (Phi) is 5.21. The van der Waals surface area contributed by atoms with E-state index in [0.717, 1.165) is 22.1 Å². The number of hydrogen-bond donors (Lipinski definition) is 0. The molecule has 0 aromatic heterocycles. The lowest BCUT2D eigenvalue weighted by Gasteiger charge is -2.08. The van der Waals surface area contributed by atoms with E-state index in [1.54, 1.807) is 11.9 Å². The van der Waals surface area contributed by atoms with Crippen molar-refractivity contribution in [1.82, 2.24) is 4.90 Å². The molecule has 2 aromatic rings. The lowest BCUT2D eigenvalue weighted by Crippen LogP contribution is -2.23. The minimum absolute atomic E-state index is 0.0206. The summed E-state index contributed by atoms with van der Waals surface area (Å²) in [6, 6.07) is 15.9. The molecule has 1 aliphatic heterocycles. The third kappa shape index (κ3) is 3.62. The van der Waals surface area contributed by atoms with Gasteiger partial charge in [0.05, 0.1) is 10.6 Å². The highest BCUT2D eigenvalue weighted by atomic mass is 79.9. The third-order valence-corrected chi connectivity index (χ3v) is 5.29. The van der Waals surface area contributed by atoms with Gasteiger partial charge in [-0.1, -0.05) is 53.2 Å². The van der Waals surface area contributed by atoms with E-state index in [0.29, 0.717) is 10.1 Å². The van der Waals surface area contributed by atoms with Gasteiger partial charge in [-0.25, -0.2) is 4.99 Å². The van der Waals surface area contributed by atoms with Gasteiger partial charge in [0, 0.05) is 11.5 Å². The summed E-state index contributed by atoms with van der Waals surface area (Å²) in [5, 5.41) is 0.710. The number of carbonyl (C=O) groups is 1. The van der Waals surface area contributed by atoms with E-state index < -0.39 is 0 Å². The van der Waals surface area contributed by atoms with Crippen molar-refractivity contribution in [1.29, 1.82) is 0 Å². The van der Waals surface area contributed by atoms with Crippen molar-refractivity contribution >= 4 is 50.5 Å². The second kappa shape index (κ2) is 7.36. The van der Waals surface area contributed by atoms with E-state index in [4.69, 9.17) is 4.99 Å². The number of aliphatic imine (C=N–C) groups is 1. The summed E-state index contributed by atoms with van der Waals surface area (Å²) in [4.78, 5) is 19.5. The Bertz CT molecular complexity index is 845. The molecule has 3 rings (SSSR count). The molecule has 1 heterocycles. The molecule has 1 aliphatic rings. The fourth-order valence-corrected chi connectivity index (χ4v) is 3.82. The van der Waals surface area contributed by atoms with Gasteiger partial charge in [-0.05, 0) is 53.6 Å². The molecule has 1 saturated heterocycles. The topological polar surface area (TPSA) is 32.7 Å². The van der Waals surface area contributed by atoms with Crippen molar-refractivity contribution in [2.75, 3.05) is 7.05 Å². The maximum atomic E-state index is 12.5. The first-order valence-electron chi connectivity index (χ1n) is 7.68. The molecule has 2 aromatic carbocycles. The van der Waals surface area contributed by atoms with Crippen molar-refractivity contribution in [3.8, 4) is 0 Å². The Morgan fingerprint density at radius 3 is 2.75 bits per heavy atom. The van der Waals surface area contributed by atoms with Crippen LogP contribution in [0.3, 0.4) is 0 Å². The number of rotatable bonds is 3. The highest BCUT2D eigenvalue weighted by Crippen LogP contribution is 2.34. The maximum absolute atomic E-state index is 12.5. The summed E-state index contributed by atoms with van der Waals surface area (Å²) >= 11 is 4.87. The van der Waals surface area contributed by atoms with Gasteiger partial charge in [0.25, 0.3) is 5.91 Å². The van der Waals surface area contributed by atoms with Crippen LogP contribution in [-0.2, 0) is 11.2 Å². The van der Waals surface area contributed by atoms with Crippen LogP contribution in [0.5, 0.6) is 0 Å². The van der Waals surface area contributed by atoms with Crippen LogP contribution in [0, 0.1) is 0 Å². The van der Waals surface area contributed by atoms with E-state index in [9.17, 15) is 4.79 Å². The molecule has 24 heavy (non-hydrogen) atoms. The van der Waals surface area contributed by atoms with E-state index in [1.807, 2.05) is 48.5 Å². The van der Waals surface area contributed by atoms with Crippen molar-refractivity contribution < 1.29 is 4.79 Å². The number of halogens is 1. The number of amidine groups is 1. The SMILES string of the molecule is CCc1ccccc1N=C1S/C(=C\c2cccc(Br)c2)C(=O)N1C. The Morgan fingerprint density at radius 1 is 1.21 bits per heavy atom. The summed E-state index contributed by atoms with van der Waals surface area (Å²) in [7, 11) is 1.77. The fourth-order valence-electron chi connectivity index (χ4n) is 2.42. The number of para-hydroxylation sites is 1. The van der Waals surface area contributed by atoms with Crippen LogP contribution < -0.4 is 0 Å². The molecule has 3 nitrogen and oxygen atoms in total. The molecular formula is C19H17BrN2OS. The molecule has 5 heteroatoms. The van der Waals surface area contributed by atoms with Crippen molar-refractivity contribution in [3.05, 3.63) is 69.0 Å². The van der Waals surface area contributed by atoms with Crippen LogP contribution in [0.2, 0.25) is 0 Å². The van der Waals surface area contributed by atoms with E-state index in [2.05, 4.69) is 28.9 Å². The molecule has 0 radical (unpaired) electrons. The van der Waals surface area contributed by atoms with E-state index >= 15 is 0 Å². The monoisotopic (exact) mass is 400 g/mol. The molecule has 0 N–H and O–H groups in total. The first-order valence-corrected chi connectivity index (χ1v) is 9.29. The van der Waals surface area contributed by atoms with Gasteiger partial charge < -0.3 is 0 Å². The second-order valence-corrected chi connectivity index (χ2v) is 7.33. The Morgan fingerprint density at radius 2 is 2.00 bits per heavy atom. The highest BCUT2D eigenvalue weighted by Gasteiger charge is 2.30. The normalized spacial score (nSPS) is 18.0. The Labute approximate surface area is 154 Å². The lowest BCUT2D eigenvalue weighted by atomic mass is 10.1. The largest absolute Gasteiger partial charge is 0.290 e. The summed E-state index contributed by atoms with van der Waals surface area (Å²) in [5.41, 5.74) is 3.09. The zero-order valence-electron chi connectivity index (χ0n) is 13.5. The predicted molar refractivity (Wildman–Crippen MR) is 105 cm³/mol. The highest BCUT2D eigenvalue weighted by molar-refractivity contribution is 9.10. The first-order chi connectivity index (χ1) is 11.6. The number of aryl methyl sites for hydroxylation is 1. The second-order valence-electron chi connectivity index (χ2n) is 5.41. The van der Waals surface area contributed by atoms with Crippen molar-refractivity contribution in [2.45, 2.75) is 13.3 Å².